The SMILES string of the molecule is Cc1cc(C)c(B2c3ccccc3-n3c4ccc5oc6ccccc6c5c4c4c5c(cc2c43)oc2ccccc25)c(C)c1. The molecule has 0 aliphatic carbocycles. The van der Waals surface area contributed by atoms with Gasteiger partial charge in [0.15, 0.2) is 0 Å². The molecule has 3 nitrogen and oxygen atoms in total. The summed E-state index contributed by atoms with van der Waals surface area (Å²) in [6.45, 7) is 6.79. The first kappa shape index (κ1) is 23.4. The molecule has 4 heteroatoms. The molecule has 9 aromatic rings. The minimum atomic E-state index is 0.0744. The molecular formula is C39H26BNO2. The van der Waals surface area contributed by atoms with Crippen molar-refractivity contribution in [1.29, 1.82) is 0 Å². The van der Waals surface area contributed by atoms with E-state index in [0.29, 0.717) is 0 Å². The number of fused-ring (bicyclic) bond motifs is 13. The quantitative estimate of drug-likeness (QED) is 0.192. The first-order valence-corrected chi connectivity index (χ1v) is 15.0. The number of furan rings is 2. The van der Waals surface area contributed by atoms with Gasteiger partial charge < -0.3 is 13.4 Å². The molecule has 0 N–H and O–H groups in total. The van der Waals surface area contributed by atoms with Crippen molar-refractivity contribution in [1.82, 2.24) is 4.57 Å². The lowest BCUT2D eigenvalue weighted by Crippen LogP contribution is -2.57. The van der Waals surface area contributed by atoms with Crippen LogP contribution >= 0.6 is 0 Å². The topological polar surface area (TPSA) is 31.2 Å². The molecular weight excluding hydrogens is 525 g/mol. The van der Waals surface area contributed by atoms with Crippen LogP contribution in [0, 0.1) is 20.8 Å². The van der Waals surface area contributed by atoms with Crippen molar-refractivity contribution >= 4 is 88.8 Å². The van der Waals surface area contributed by atoms with Gasteiger partial charge in [-0.15, -0.1) is 0 Å². The minimum absolute atomic E-state index is 0.0744. The predicted molar refractivity (Wildman–Crippen MR) is 181 cm³/mol. The number of aryl methyl sites for hydroxylation is 3. The van der Waals surface area contributed by atoms with E-state index in [4.69, 9.17) is 8.83 Å². The summed E-state index contributed by atoms with van der Waals surface area (Å²) in [6, 6.07) is 37.2. The van der Waals surface area contributed by atoms with Crippen LogP contribution in [0.25, 0.3) is 71.4 Å². The van der Waals surface area contributed by atoms with E-state index in [1.807, 2.05) is 6.07 Å². The third-order valence-corrected chi connectivity index (χ3v) is 9.73. The van der Waals surface area contributed by atoms with Crippen molar-refractivity contribution in [3.05, 3.63) is 120 Å². The summed E-state index contributed by atoms with van der Waals surface area (Å²) < 4.78 is 15.6. The summed E-state index contributed by atoms with van der Waals surface area (Å²) in [5.74, 6) is 0. The molecule has 0 radical (unpaired) electrons. The van der Waals surface area contributed by atoms with Crippen LogP contribution in [0.4, 0.5) is 0 Å². The standard InChI is InChI=1S/C39H26BNO2/c1-21-18-22(2)38(23(3)19-21)40-26-12-6-7-13-28(26)41-29-16-17-32-34(24-10-4-8-14-30(24)42-32)36(29)37-35-25-11-5-9-15-31(25)43-33(35)20-27(40)39(37)41/h4-20H,1-3H3. The summed E-state index contributed by atoms with van der Waals surface area (Å²) >= 11 is 0. The van der Waals surface area contributed by atoms with Crippen LogP contribution in [0.5, 0.6) is 0 Å². The molecule has 1 aliphatic rings. The molecule has 3 aromatic heterocycles. The van der Waals surface area contributed by atoms with Gasteiger partial charge in [0.2, 0.25) is 6.71 Å². The predicted octanol–water partition coefficient (Wildman–Crippen LogP) is 8.34. The molecule has 0 fully saturated rings. The smallest absolute Gasteiger partial charge is 0.247 e. The molecule has 1 aliphatic heterocycles. The van der Waals surface area contributed by atoms with Crippen molar-refractivity contribution in [2.45, 2.75) is 20.8 Å². The number of hydrogen-bond acceptors (Lipinski definition) is 2. The van der Waals surface area contributed by atoms with Gasteiger partial charge >= 0.3 is 0 Å². The fourth-order valence-electron chi connectivity index (χ4n) is 8.28. The van der Waals surface area contributed by atoms with Gasteiger partial charge in [-0.2, -0.15) is 0 Å². The van der Waals surface area contributed by atoms with Crippen molar-refractivity contribution in [2.75, 3.05) is 0 Å². The zero-order chi connectivity index (χ0) is 28.6. The number of rotatable bonds is 1. The zero-order valence-electron chi connectivity index (χ0n) is 24.2. The highest BCUT2D eigenvalue weighted by Gasteiger charge is 2.37. The molecule has 0 atom stereocenters. The van der Waals surface area contributed by atoms with E-state index in [1.54, 1.807) is 0 Å². The van der Waals surface area contributed by atoms with Crippen molar-refractivity contribution in [3.8, 4) is 5.69 Å². The molecule has 10 rings (SSSR count). The molecule has 6 aromatic carbocycles. The molecule has 0 saturated carbocycles. The van der Waals surface area contributed by atoms with Gasteiger partial charge in [0.05, 0.1) is 11.0 Å². The van der Waals surface area contributed by atoms with Gasteiger partial charge in [-0.05, 0) is 68.1 Å². The number of aromatic nitrogens is 1. The Morgan fingerprint density at radius 3 is 1.91 bits per heavy atom. The second kappa shape index (κ2) is 7.99. The van der Waals surface area contributed by atoms with Crippen LogP contribution < -0.4 is 16.4 Å². The Balaban J connectivity index is 1.53. The molecule has 4 heterocycles. The summed E-state index contributed by atoms with van der Waals surface area (Å²) in [4.78, 5) is 0. The highest BCUT2D eigenvalue weighted by Crippen LogP contribution is 2.46. The van der Waals surface area contributed by atoms with Crippen LogP contribution in [0.1, 0.15) is 16.7 Å². The third kappa shape index (κ3) is 2.86. The minimum Gasteiger partial charge on any atom is -0.456 e. The summed E-state index contributed by atoms with van der Waals surface area (Å²) in [5, 5.41) is 7.09. The molecule has 202 valence electrons. The first-order chi connectivity index (χ1) is 21.1. The van der Waals surface area contributed by atoms with Gasteiger partial charge in [0.1, 0.15) is 22.3 Å². The molecule has 0 amide bonds. The van der Waals surface area contributed by atoms with Crippen LogP contribution in [-0.4, -0.2) is 11.3 Å². The Bertz CT molecular complexity index is 2640. The maximum atomic E-state index is 6.69. The van der Waals surface area contributed by atoms with Crippen LogP contribution in [0.3, 0.4) is 0 Å². The van der Waals surface area contributed by atoms with Crippen LogP contribution in [0.15, 0.2) is 112 Å². The Labute approximate surface area is 248 Å². The van der Waals surface area contributed by atoms with E-state index in [-0.39, 0.29) is 6.71 Å². The molecule has 43 heavy (non-hydrogen) atoms. The fraction of sp³-hybridized carbons (Fsp3) is 0.0769. The third-order valence-electron chi connectivity index (χ3n) is 9.73. The fourth-order valence-corrected chi connectivity index (χ4v) is 8.28. The van der Waals surface area contributed by atoms with Gasteiger partial charge in [-0.1, -0.05) is 88.9 Å². The maximum Gasteiger partial charge on any atom is 0.247 e. The van der Waals surface area contributed by atoms with Gasteiger partial charge in [0.25, 0.3) is 0 Å². The van der Waals surface area contributed by atoms with Crippen LogP contribution in [-0.2, 0) is 0 Å². The largest absolute Gasteiger partial charge is 0.456 e. The molecule has 0 unspecified atom stereocenters. The zero-order valence-corrected chi connectivity index (χ0v) is 24.2. The number of nitrogens with zero attached hydrogens (tertiary/aromatic N) is 1. The normalized spacial score (nSPS) is 13.0. The Kier molecular flexibility index (Phi) is 4.34. The van der Waals surface area contributed by atoms with Gasteiger partial charge in [0, 0.05) is 38.0 Å². The van der Waals surface area contributed by atoms with E-state index >= 15 is 0 Å². The lowest BCUT2D eigenvalue weighted by Gasteiger charge is -2.29. The van der Waals surface area contributed by atoms with Crippen molar-refractivity contribution in [2.24, 2.45) is 0 Å². The summed E-state index contributed by atoms with van der Waals surface area (Å²) in [6.07, 6.45) is 0. The van der Waals surface area contributed by atoms with Gasteiger partial charge in [-0.3, -0.25) is 0 Å². The molecule has 0 saturated heterocycles. The Morgan fingerprint density at radius 2 is 1.16 bits per heavy atom. The summed E-state index contributed by atoms with van der Waals surface area (Å²) in [7, 11) is 0. The summed E-state index contributed by atoms with van der Waals surface area (Å²) in [5.41, 5.74) is 15.3. The first-order valence-electron chi connectivity index (χ1n) is 15.0. The van der Waals surface area contributed by atoms with E-state index < -0.39 is 0 Å². The number of benzene rings is 6. The number of para-hydroxylation sites is 3. The van der Waals surface area contributed by atoms with E-state index in [2.05, 4.69) is 122 Å². The average Bonchev–Trinajstić information content (AvgIpc) is 3.67. The Hall–Kier alpha value is -5.22. The van der Waals surface area contributed by atoms with Crippen molar-refractivity contribution in [3.63, 3.8) is 0 Å². The number of hydrogen-bond donors (Lipinski definition) is 0. The Morgan fingerprint density at radius 1 is 0.535 bits per heavy atom. The monoisotopic (exact) mass is 551 g/mol. The highest BCUT2D eigenvalue weighted by atomic mass is 16.3. The van der Waals surface area contributed by atoms with Gasteiger partial charge in [-0.25, -0.2) is 0 Å². The highest BCUT2D eigenvalue weighted by molar-refractivity contribution is 6.98. The molecule has 0 spiro atoms. The maximum absolute atomic E-state index is 6.69. The lowest BCUT2D eigenvalue weighted by atomic mass is 9.34. The lowest BCUT2D eigenvalue weighted by molar-refractivity contribution is 0.669. The average molecular weight is 551 g/mol. The molecule has 0 bridgehead atoms. The second-order valence-corrected chi connectivity index (χ2v) is 12.2. The second-order valence-electron chi connectivity index (χ2n) is 12.2. The van der Waals surface area contributed by atoms with Crippen molar-refractivity contribution < 1.29 is 8.83 Å². The van der Waals surface area contributed by atoms with E-state index in [1.165, 1.54) is 71.3 Å². The van der Waals surface area contributed by atoms with E-state index in [9.17, 15) is 0 Å². The van der Waals surface area contributed by atoms with E-state index in [0.717, 1.165) is 33.1 Å². The van der Waals surface area contributed by atoms with Crippen LogP contribution in [0.2, 0.25) is 0 Å².